The summed E-state index contributed by atoms with van der Waals surface area (Å²) >= 11 is 0. The second-order valence-corrected chi connectivity index (χ2v) is 3.84. The average Bonchev–Trinajstić information content (AvgIpc) is 2.49. The highest BCUT2D eigenvalue weighted by Crippen LogP contribution is 2.25. The third-order valence-electron chi connectivity index (χ3n) is 2.78. The molecule has 0 aliphatic carbocycles. The zero-order valence-electron chi connectivity index (χ0n) is 9.77. The summed E-state index contributed by atoms with van der Waals surface area (Å²) in [6, 6.07) is 7.23. The Kier molecular flexibility index (Phi) is 2.95. The van der Waals surface area contributed by atoms with Gasteiger partial charge in [-0.25, -0.2) is 4.79 Å². The van der Waals surface area contributed by atoms with E-state index in [1.54, 1.807) is 18.2 Å². The average molecular weight is 231 g/mol. The van der Waals surface area contributed by atoms with E-state index in [2.05, 4.69) is 4.74 Å². The molecule has 0 saturated heterocycles. The molecule has 88 valence electrons. The lowest BCUT2D eigenvalue weighted by atomic mass is 10.0. The van der Waals surface area contributed by atoms with Crippen LogP contribution in [0.4, 0.5) is 5.69 Å². The Labute approximate surface area is 99.5 Å². The lowest BCUT2D eigenvalue weighted by Gasteiger charge is -2.17. The molecule has 0 N–H and O–H groups in total. The summed E-state index contributed by atoms with van der Waals surface area (Å²) in [6.07, 6.45) is 1.61. The first-order chi connectivity index (χ1) is 8.15. The number of fused-ring (bicyclic) bond motifs is 1. The first-order valence-electron chi connectivity index (χ1n) is 5.28. The smallest absolute Gasteiger partial charge is 0.341 e. The Morgan fingerprint density at radius 3 is 2.76 bits per heavy atom. The highest BCUT2D eigenvalue weighted by Gasteiger charge is 2.26. The summed E-state index contributed by atoms with van der Waals surface area (Å²) in [4.78, 5) is 25.6. The predicted octanol–water partition coefficient (Wildman–Crippen LogP) is 1.42. The zero-order valence-corrected chi connectivity index (χ0v) is 9.77. The molecule has 1 aliphatic rings. The predicted molar refractivity (Wildman–Crippen MR) is 64.1 cm³/mol. The van der Waals surface area contributed by atoms with Gasteiger partial charge in [-0.15, -0.1) is 0 Å². The van der Waals surface area contributed by atoms with Gasteiger partial charge >= 0.3 is 5.97 Å². The maximum absolute atomic E-state index is 12.2. The van der Waals surface area contributed by atoms with Gasteiger partial charge in [-0.3, -0.25) is 4.79 Å². The lowest BCUT2D eigenvalue weighted by Crippen LogP contribution is -2.17. The first kappa shape index (κ1) is 11.4. The van der Waals surface area contributed by atoms with E-state index in [0.29, 0.717) is 12.1 Å². The molecule has 2 rings (SSSR count). The molecule has 0 saturated carbocycles. The number of likely N-dealkylation sites (N-methyl/N-ethyl adjacent to an activating group) is 1. The molecule has 0 radical (unpaired) electrons. The molecule has 4 nitrogen and oxygen atoms in total. The number of carbonyl (C=O) groups is 2. The number of hydrogen-bond acceptors (Lipinski definition) is 4. The third-order valence-corrected chi connectivity index (χ3v) is 2.78. The number of hydrogen-bond donors (Lipinski definition) is 0. The fourth-order valence-corrected chi connectivity index (χ4v) is 1.85. The Morgan fingerprint density at radius 1 is 1.35 bits per heavy atom. The van der Waals surface area contributed by atoms with Crippen LogP contribution in [-0.4, -0.2) is 32.5 Å². The summed E-state index contributed by atoms with van der Waals surface area (Å²) in [5.41, 5.74) is 1.46. The van der Waals surface area contributed by atoms with Crippen LogP contribution in [0.3, 0.4) is 0 Å². The fourth-order valence-electron chi connectivity index (χ4n) is 1.85. The molecule has 17 heavy (non-hydrogen) atoms. The van der Waals surface area contributed by atoms with Crippen molar-refractivity contribution in [2.24, 2.45) is 0 Å². The Hall–Kier alpha value is -2.10. The minimum Gasteiger partial charge on any atom is -0.465 e. The van der Waals surface area contributed by atoms with E-state index in [9.17, 15) is 9.59 Å². The van der Waals surface area contributed by atoms with Gasteiger partial charge in [-0.1, -0.05) is 12.1 Å². The maximum Gasteiger partial charge on any atom is 0.341 e. The van der Waals surface area contributed by atoms with Gasteiger partial charge in [0.15, 0.2) is 0 Å². The number of methoxy groups -OCH3 is 1. The number of benzene rings is 1. The minimum atomic E-state index is -0.583. The molecule has 0 spiro atoms. The van der Waals surface area contributed by atoms with Gasteiger partial charge in [0.05, 0.1) is 7.11 Å². The highest BCUT2D eigenvalue weighted by atomic mass is 16.5. The van der Waals surface area contributed by atoms with Gasteiger partial charge in [0.25, 0.3) is 0 Å². The maximum atomic E-state index is 12.2. The molecule has 0 bridgehead atoms. The normalized spacial score (nSPS) is 14.8. The molecule has 0 unspecified atom stereocenters. The summed E-state index contributed by atoms with van der Waals surface area (Å²) in [7, 11) is 3.15. The topological polar surface area (TPSA) is 46.6 Å². The van der Waals surface area contributed by atoms with Crippen LogP contribution < -0.4 is 4.90 Å². The van der Waals surface area contributed by atoms with E-state index in [-0.39, 0.29) is 11.4 Å². The Bertz CT molecular complexity index is 505. The van der Waals surface area contributed by atoms with Crippen LogP contribution in [0.15, 0.2) is 35.9 Å². The zero-order chi connectivity index (χ0) is 12.4. The Balaban J connectivity index is 2.52. The molecule has 0 atom stereocenters. The van der Waals surface area contributed by atoms with Crippen LogP contribution in [0.1, 0.15) is 10.4 Å². The van der Waals surface area contributed by atoms with Crippen LogP contribution in [0.25, 0.3) is 0 Å². The molecular weight excluding hydrogens is 218 g/mol. The van der Waals surface area contributed by atoms with E-state index < -0.39 is 5.97 Å². The second kappa shape index (κ2) is 4.41. The van der Waals surface area contributed by atoms with Gasteiger partial charge in [0.2, 0.25) is 5.78 Å². The summed E-state index contributed by atoms with van der Waals surface area (Å²) in [5, 5.41) is 0. The number of ether oxygens (including phenoxy) is 1. The van der Waals surface area contributed by atoms with Gasteiger partial charge in [0, 0.05) is 24.8 Å². The van der Waals surface area contributed by atoms with Crippen LogP contribution in [0, 0.1) is 0 Å². The molecule has 0 aromatic heterocycles. The first-order valence-corrected chi connectivity index (χ1v) is 5.28. The third kappa shape index (κ3) is 1.93. The molecule has 0 fully saturated rings. The van der Waals surface area contributed by atoms with Crippen molar-refractivity contribution in [2.45, 2.75) is 0 Å². The number of ketones is 1. The van der Waals surface area contributed by atoms with E-state index in [4.69, 9.17) is 0 Å². The number of Topliss-reactive ketones (excluding diaryl/α,β-unsaturated/α-hetero) is 1. The van der Waals surface area contributed by atoms with Gasteiger partial charge in [-0.2, -0.15) is 0 Å². The molecule has 1 heterocycles. The fraction of sp³-hybridized carbons (Fsp3) is 0.231. The quantitative estimate of drug-likeness (QED) is 0.541. The SMILES string of the molecule is COC(=O)C1=CCN(C)c2ccccc2C1=O. The van der Waals surface area contributed by atoms with Crippen molar-refractivity contribution in [3.8, 4) is 0 Å². The van der Waals surface area contributed by atoms with Crippen molar-refractivity contribution in [1.29, 1.82) is 0 Å². The van der Waals surface area contributed by atoms with Crippen molar-refractivity contribution in [3.63, 3.8) is 0 Å². The van der Waals surface area contributed by atoms with E-state index in [1.165, 1.54) is 7.11 Å². The van der Waals surface area contributed by atoms with Crippen molar-refractivity contribution >= 4 is 17.4 Å². The molecule has 1 aromatic carbocycles. The standard InChI is InChI=1S/C13H13NO3/c1-14-8-7-10(13(16)17-2)12(15)9-5-3-4-6-11(9)14/h3-7H,8H2,1-2H3. The summed E-state index contributed by atoms with van der Waals surface area (Å²) < 4.78 is 4.62. The molecule has 1 aliphatic heterocycles. The number of para-hydroxylation sites is 1. The van der Waals surface area contributed by atoms with E-state index in [1.807, 2.05) is 24.1 Å². The van der Waals surface area contributed by atoms with Crippen LogP contribution in [0.5, 0.6) is 0 Å². The van der Waals surface area contributed by atoms with Gasteiger partial charge < -0.3 is 9.64 Å². The lowest BCUT2D eigenvalue weighted by molar-refractivity contribution is -0.135. The Morgan fingerprint density at radius 2 is 2.06 bits per heavy atom. The molecule has 0 amide bonds. The number of nitrogens with zero attached hydrogens (tertiary/aromatic N) is 1. The van der Waals surface area contributed by atoms with Crippen LogP contribution in [0.2, 0.25) is 0 Å². The van der Waals surface area contributed by atoms with E-state index in [0.717, 1.165) is 5.69 Å². The van der Waals surface area contributed by atoms with Gasteiger partial charge in [0.1, 0.15) is 5.57 Å². The number of esters is 1. The largest absolute Gasteiger partial charge is 0.465 e. The van der Waals surface area contributed by atoms with Crippen molar-refractivity contribution < 1.29 is 14.3 Å². The van der Waals surface area contributed by atoms with Crippen molar-refractivity contribution in [2.75, 3.05) is 25.6 Å². The van der Waals surface area contributed by atoms with E-state index >= 15 is 0 Å². The monoisotopic (exact) mass is 231 g/mol. The van der Waals surface area contributed by atoms with Crippen molar-refractivity contribution in [1.82, 2.24) is 0 Å². The second-order valence-electron chi connectivity index (χ2n) is 3.84. The summed E-state index contributed by atoms with van der Waals surface area (Å²) in [6.45, 7) is 0.507. The highest BCUT2D eigenvalue weighted by molar-refractivity contribution is 6.26. The number of carbonyl (C=O) groups excluding carboxylic acids is 2. The number of anilines is 1. The number of rotatable bonds is 1. The molecule has 1 aromatic rings. The van der Waals surface area contributed by atoms with Crippen LogP contribution >= 0.6 is 0 Å². The summed E-state index contributed by atoms with van der Waals surface area (Å²) in [5.74, 6) is -0.864. The molecule has 4 heteroatoms. The van der Waals surface area contributed by atoms with Crippen molar-refractivity contribution in [3.05, 3.63) is 41.5 Å². The molecular formula is C13H13NO3. The van der Waals surface area contributed by atoms with Gasteiger partial charge in [-0.05, 0) is 18.2 Å². The minimum absolute atomic E-state index is 0.101. The van der Waals surface area contributed by atoms with Crippen LogP contribution in [-0.2, 0) is 9.53 Å².